The van der Waals surface area contributed by atoms with E-state index in [9.17, 15) is 9.59 Å². The van der Waals surface area contributed by atoms with Crippen molar-refractivity contribution in [3.05, 3.63) is 40.7 Å². The molecule has 162 valence electrons. The summed E-state index contributed by atoms with van der Waals surface area (Å²) in [4.78, 5) is 31.9. The molecule has 0 unspecified atom stereocenters. The maximum Gasteiger partial charge on any atom is 0.311 e. The number of esters is 1. The van der Waals surface area contributed by atoms with Gasteiger partial charge < -0.3 is 15.0 Å². The summed E-state index contributed by atoms with van der Waals surface area (Å²) in [6.45, 7) is 3.53. The quantitative estimate of drug-likeness (QED) is 0.541. The molecule has 1 amide bonds. The van der Waals surface area contributed by atoms with Crippen LogP contribution < -0.4 is 10.2 Å². The van der Waals surface area contributed by atoms with Gasteiger partial charge in [0.1, 0.15) is 5.69 Å². The third kappa shape index (κ3) is 5.45. The molecule has 0 bridgehead atoms. The van der Waals surface area contributed by atoms with Crippen LogP contribution in [0.25, 0.3) is 10.6 Å². The largest absolute Gasteiger partial charge is 0.466 e. The lowest BCUT2D eigenvalue weighted by atomic mass is 9.97. The van der Waals surface area contributed by atoms with Gasteiger partial charge in [-0.15, -0.1) is 32.9 Å². The molecule has 8 nitrogen and oxygen atoms in total. The van der Waals surface area contributed by atoms with E-state index in [0.29, 0.717) is 24.0 Å². The highest BCUT2D eigenvalue weighted by atomic mass is 32.1. The van der Waals surface area contributed by atoms with Crippen LogP contribution in [0.2, 0.25) is 0 Å². The van der Waals surface area contributed by atoms with E-state index in [0.717, 1.165) is 35.8 Å². The van der Waals surface area contributed by atoms with Crippen molar-refractivity contribution in [3.63, 3.8) is 0 Å². The predicted molar refractivity (Wildman–Crippen MR) is 121 cm³/mol. The van der Waals surface area contributed by atoms with E-state index < -0.39 is 0 Å². The zero-order valence-corrected chi connectivity index (χ0v) is 18.7. The number of rotatable bonds is 7. The van der Waals surface area contributed by atoms with E-state index in [1.54, 1.807) is 23.6 Å². The van der Waals surface area contributed by atoms with Gasteiger partial charge >= 0.3 is 5.97 Å². The van der Waals surface area contributed by atoms with Crippen molar-refractivity contribution in [2.24, 2.45) is 5.92 Å². The zero-order chi connectivity index (χ0) is 21.6. The van der Waals surface area contributed by atoms with Crippen LogP contribution in [0.4, 0.5) is 10.9 Å². The van der Waals surface area contributed by atoms with Crippen LogP contribution in [0.1, 0.15) is 25.5 Å². The Labute approximate surface area is 188 Å². The summed E-state index contributed by atoms with van der Waals surface area (Å²) in [7, 11) is 0. The molecular weight excluding hydrogens is 434 g/mol. The number of ether oxygens (including phenoxy) is 1. The SMILES string of the molecule is CCOC(=O)Cc1csc(NC(=O)[C@H]2CCCN(c3ccc(-c4cccs4)nn3)C2)n1. The number of aromatic nitrogens is 3. The number of hydrogen-bond donors (Lipinski definition) is 1. The molecular formula is C21H23N5O3S2. The first-order valence-corrected chi connectivity index (χ1v) is 11.9. The van der Waals surface area contributed by atoms with Gasteiger partial charge in [0.25, 0.3) is 0 Å². The van der Waals surface area contributed by atoms with Gasteiger partial charge in [0.15, 0.2) is 10.9 Å². The fourth-order valence-electron chi connectivity index (χ4n) is 3.46. The van der Waals surface area contributed by atoms with Gasteiger partial charge in [0, 0.05) is 18.5 Å². The van der Waals surface area contributed by atoms with Crippen molar-refractivity contribution in [3.8, 4) is 10.6 Å². The van der Waals surface area contributed by atoms with Crippen LogP contribution in [0.15, 0.2) is 35.0 Å². The molecule has 0 spiro atoms. The minimum atomic E-state index is -0.320. The first kappa shape index (κ1) is 21.4. The second-order valence-electron chi connectivity index (χ2n) is 7.15. The Morgan fingerprint density at radius 1 is 1.26 bits per heavy atom. The molecule has 0 radical (unpaired) electrons. The summed E-state index contributed by atoms with van der Waals surface area (Å²) in [5.74, 6) is 0.235. The monoisotopic (exact) mass is 457 g/mol. The van der Waals surface area contributed by atoms with Gasteiger partial charge in [-0.2, -0.15) is 0 Å². The first-order chi connectivity index (χ1) is 15.1. The lowest BCUT2D eigenvalue weighted by Gasteiger charge is -2.32. The van der Waals surface area contributed by atoms with Crippen LogP contribution in [-0.2, 0) is 20.7 Å². The molecule has 10 heteroatoms. The van der Waals surface area contributed by atoms with Crippen LogP contribution >= 0.6 is 22.7 Å². The molecule has 0 aliphatic carbocycles. The van der Waals surface area contributed by atoms with Crippen molar-refractivity contribution in [2.45, 2.75) is 26.2 Å². The highest BCUT2D eigenvalue weighted by Gasteiger charge is 2.27. The molecule has 0 aromatic carbocycles. The number of carbonyl (C=O) groups is 2. The highest BCUT2D eigenvalue weighted by Crippen LogP contribution is 2.26. The summed E-state index contributed by atoms with van der Waals surface area (Å²) in [5, 5.41) is 15.9. The second kappa shape index (κ2) is 9.97. The summed E-state index contributed by atoms with van der Waals surface area (Å²) in [6, 6.07) is 7.95. The Bertz CT molecular complexity index is 1020. The van der Waals surface area contributed by atoms with E-state index in [4.69, 9.17) is 4.74 Å². The van der Waals surface area contributed by atoms with Crippen molar-refractivity contribution in [1.82, 2.24) is 15.2 Å². The van der Waals surface area contributed by atoms with Crippen LogP contribution in [-0.4, -0.2) is 46.8 Å². The number of anilines is 2. The third-order valence-corrected chi connectivity index (χ3v) is 6.65. The Morgan fingerprint density at radius 2 is 2.16 bits per heavy atom. The molecule has 3 aromatic rings. The molecule has 1 aliphatic rings. The predicted octanol–water partition coefficient (Wildman–Crippen LogP) is 3.62. The number of nitrogens with one attached hydrogen (secondary N) is 1. The van der Waals surface area contributed by atoms with Gasteiger partial charge in [0.05, 0.1) is 29.5 Å². The third-order valence-electron chi connectivity index (χ3n) is 4.95. The topological polar surface area (TPSA) is 97.3 Å². The zero-order valence-electron chi connectivity index (χ0n) is 17.1. The number of amides is 1. The van der Waals surface area contributed by atoms with E-state index in [1.165, 1.54) is 11.3 Å². The Kier molecular flexibility index (Phi) is 6.88. The highest BCUT2D eigenvalue weighted by molar-refractivity contribution is 7.14. The summed E-state index contributed by atoms with van der Waals surface area (Å²) in [5.41, 5.74) is 1.46. The second-order valence-corrected chi connectivity index (χ2v) is 8.96. The number of hydrogen-bond acceptors (Lipinski definition) is 9. The summed E-state index contributed by atoms with van der Waals surface area (Å²) >= 11 is 2.94. The van der Waals surface area contributed by atoms with Crippen molar-refractivity contribution < 1.29 is 14.3 Å². The van der Waals surface area contributed by atoms with Gasteiger partial charge in [-0.25, -0.2) is 4.98 Å². The van der Waals surface area contributed by atoms with Crippen molar-refractivity contribution >= 4 is 45.5 Å². The molecule has 1 N–H and O–H groups in total. The van der Waals surface area contributed by atoms with Gasteiger partial charge in [-0.05, 0) is 43.3 Å². The molecule has 3 aromatic heterocycles. The number of thiazole rings is 1. The number of thiophene rings is 1. The minimum Gasteiger partial charge on any atom is -0.466 e. The van der Waals surface area contributed by atoms with Gasteiger partial charge in [-0.3, -0.25) is 9.59 Å². The average Bonchev–Trinajstić information content (AvgIpc) is 3.47. The van der Waals surface area contributed by atoms with Crippen LogP contribution in [0.5, 0.6) is 0 Å². The fourth-order valence-corrected chi connectivity index (χ4v) is 4.87. The van der Waals surface area contributed by atoms with Crippen LogP contribution in [0, 0.1) is 5.92 Å². The molecule has 1 aliphatic heterocycles. The van der Waals surface area contributed by atoms with Crippen molar-refractivity contribution in [2.75, 3.05) is 29.9 Å². The van der Waals surface area contributed by atoms with E-state index >= 15 is 0 Å². The molecule has 31 heavy (non-hydrogen) atoms. The molecule has 1 atom stereocenters. The fraction of sp³-hybridized carbons (Fsp3) is 0.381. The Hall–Kier alpha value is -2.85. The Balaban J connectivity index is 1.34. The van der Waals surface area contributed by atoms with Gasteiger partial charge in [0.2, 0.25) is 5.91 Å². The lowest BCUT2D eigenvalue weighted by Crippen LogP contribution is -2.41. The molecule has 4 heterocycles. The van der Waals surface area contributed by atoms with Gasteiger partial charge in [-0.1, -0.05) is 6.07 Å². The maximum atomic E-state index is 12.8. The summed E-state index contributed by atoms with van der Waals surface area (Å²) < 4.78 is 4.94. The number of nitrogens with zero attached hydrogens (tertiary/aromatic N) is 4. The first-order valence-electron chi connectivity index (χ1n) is 10.2. The molecule has 0 saturated carbocycles. The lowest BCUT2D eigenvalue weighted by molar-refractivity contribution is -0.142. The summed E-state index contributed by atoms with van der Waals surface area (Å²) in [6.07, 6.45) is 1.82. The Morgan fingerprint density at radius 3 is 2.90 bits per heavy atom. The maximum absolute atomic E-state index is 12.8. The smallest absolute Gasteiger partial charge is 0.311 e. The normalized spacial score (nSPS) is 16.2. The molecule has 1 saturated heterocycles. The average molecular weight is 458 g/mol. The van der Waals surface area contributed by atoms with Crippen molar-refractivity contribution in [1.29, 1.82) is 0 Å². The van der Waals surface area contributed by atoms with Crippen LogP contribution in [0.3, 0.4) is 0 Å². The van der Waals surface area contributed by atoms with E-state index in [1.807, 2.05) is 29.6 Å². The number of piperidine rings is 1. The van der Waals surface area contributed by atoms with E-state index in [-0.39, 0.29) is 24.2 Å². The van der Waals surface area contributed by atoms with E-state index in [2.05, 4.69) is 25.4 Å². The minimum absolute atomic E-state index is 0.0649. The molecule has 4 rings (SSSR count). The molecule has 1 fully saturated rings. The number of carbonyl (C=O) groups excluding carboxylic acids is 2. The standard InChI is InChI=1S/C21H23N5O3S2/c1-2-29-19(27)11-15-13-31-21(22-15)23-20(28)14-5-3-9-26(12-14)18-8-7-16(24-25-18)17-6-4-10-30-17/h4,6-8,10,13-14H,2-3,5,9,11-12H2,1H3,(H,22,23,28)/t14-/m0/s1.